The zero-order valence-corrected chi connectivity index (χ0v) is 15.5. The van der Waals surface area contributed by atoms with E-state index in [2.05, 4.69) is 17.6 Å². The maximum Gasteiger partial charge on any atom is 0.126 e. The Morgan fingerprint density at radius 2 is 1.92 bits per heavy atom. The number of fused-ring (bicyclic) bond motifs is 1. The molecule has 0 aliphatic heterocycles. The Morgan fingerprint density at radius 3 is 2.62 bits per heavy atom. The largest absolute Gasteiger partial charge is 0.330 e. The molecule has 6 heteroatoms. The average molecular weight is 375 g/mol. The predicted molar refractivity (Wildman–Crippen MR) is 104 cm³/mol. The van der Waals surface area contributed by atoms with Crippen LogP contribution < -0.4 is 11.2 Å². The van der Waals surface area contributed by atoms with Gasteiger partial charge in [0, 0.05) is 18.7 Å². The molecule has 0 amide bonds. The van der Waals surface area contributed by atoms with Crippen molar-refractivity contribution >= 4 is 17.2 Å². The SMILES string of the molecule is CN(NC(=S)c1cc(F)cc(F)c1)C1c2ccccc2CCC1CCN. The van der Waals surface area contributed by atoms with Crippen LogP contribution in [0.15, 0.2) is 42.5 Å². The van der Waals surface area contributed by atoms with Gasteiger partial charge in [0.1, 0.15) is 16.6 Å². The molecular formula is C20H23F2N3S. The number of aryl methyl sites for hydroxylation is 1. The highest BCUT2D eigenvalue weighted by Gasteiger charge is 2.32. The summed E-state index contributed by atoms with van der Waals surface area (Å²) in [6.45, 7) is 0.622. The van der Waals surface area contributed by atoms with Gasteiger partial charge in [-0.05, 0) is 55.0 Å². The number of nitrogens with one attached hydrogen (secondary N) is 1. The Balaban J connectivity index is 1.84. The summed E-state index contributed by atoms with van der Waals surface area (Å²) in [6, 6.07) is 11.8. The van der Waals surface area contributed by atoms with Crippen molar-refractivity contribution in [3.8, 4) is 0 Å². The molecule has 0 bridgehead atoms. The first-order valence-electron chi connectivity index (χ1n) is 8.77. The molecule has 1 aliphatic carbocycles. The Kier molecular flexibility index (Phi) is 5.96. The van der Waals surface area contributed by atoms with Crippen LogP contribution in [0.1, 0.15) is 35.6 Å². The monoisotopic (exact) mass is 375 g/mol. The van der Waals surface area contributed by atoms with Gasteiger partial charge in [-0.15, -0.1) is 0 Å². The third-order valence-corrected chi connectivity index (χ3v) is 5.29. The zero-order valence-electron chi connectivity index (χ0n) is 14.7. The van der Waals surface area contributed by atoms with Crippen LogP contribution in [-0.2, 0) is 6.42 Å². The molecular weight excluding hydrogens is 352 g/mol. The van der Waals surface area contributed by atoms with Gasteiger partial charge in [-0.2, -0.15) is 0 Å². The Hall–Kier alpha value is -1.89. The number of nitrogens with two attached hydrogens (primary N) is 1. The van der Waals surface area contributed by atoms with Gasteiger partial charge in [-0.25, -0.2) is 13.8 Å². The van der Waals surface area contributed by atoms with Crippen LogP contribution >= 0.6 is 12.2 Å². The minimum absolute atomic E-state index is 0.0971. The molecule has 3 rings (SSSR count). The third kappa shape index (κ3) is 4.09. The van der Waals surface area contributed by atoms with E-state index in [1.165, 1.54) is 23.3 Å². The van der Waals surface area contributed by atoms with E-state index >= 15 is 0 Å². The van der Waals surface area contributed by atoms with Crippen molar-refractivity contribution < 1.29 is 8.78 Å². The highest BCUT2D eigenvalue weighted by molar-refractivity contribution is 7.80. The van der Waals surface area contributed by atoms with Crippen molar-refractivity contribution in [3.63, 3.8) is 0 Å². The minimum atomic E-state index is -0.643. The van der Waals surface area contributed by atoms with E-state index in [4.69, 9.17) is 18.0 Å². The van der Waals surface area contributed by atoms with Crippen molar-refractivity contribution in [1.82, 2.24) is 10.4 Å². The van der Waals surface area contributed by atoms with Crippen LogP contribution in [0.3, 0.4) is 0 Å². The van der Waals surface area contributed by atoms with Crippen LogP contribution in [-0.4, -0.2) is 23.6 Å². The zero-order chi connectivity index (χ0) is 18.7. The second-order valence-corrected chi connectivity index (χ2v) is 7.14. The molecule has 0 spiro atoms. The van der Waals surface area contributed by atoms with Gasteiger partial charge >= 0.3 is 0 Å². The van der Waals surface area contributed by atoms with Gasteiger partial charge in [0.25, 0.3) is 0 Å². The number of nitrogens with zero attached hydrogens (tertiary/aromatic N) is 1. The van der Waals surface area contributed by atoms with Crippen molar-refractivity contribution in [1.29, 1.82) is 0 Å². The van der Waals surface area contributed by atoms with Crippen molar-refractivity contribution in [2.45, 2.75) is 25.3 Å². The number of thiocarbonyl (C=S) groups is 1. The maximum absolute atomic E-state index is 13.5. The summed E-state index contributed by atoms with van der Waals surface area (Å²) in [5.41, 5.74) is 11.9. The number of hydrazine groups is 1. The smallest absolute Gasteiger partial charge is 0.126 e. The normalized spacial score (nSPS) is 19.3. The summed E-state index contributed by atoms with van der Waals surface area (Å²) in [5.74, 6) is -0.897. The highest BCUT2D eigenvalue weighted by Crippen LogP contribution is 2.38. The van der Waals surface area contributed by atoms with Gasteiger partial charge in [-0.1, -0.05) is 36.5 Å². The summed E-state index contributed by atoms with van der Waals surface area (Å²) < 4.78 is 27.0. The molecule has 0 aromatic heterocycles. The molecule has 2 aromatic rings. The molecule has 2 aromatic carbocycles. The lowest BCUT2D eigenvalue weighted by Crippen LogP contribution is -2.45. The van der Waals surface area contributed by atoms with Gasteiger partial charge in [0.05, 0.1) is 6.04 Å². The van der Waals surface area contributed by atoms with Gasteiger partial charge in [-0.3, -0.25) is 0 Å². The van der Waals surface area contributed by atoms with E-state index in [1.54, 1.807) is 0 Å². The summed E-state index contributed by atoms with van der Waals surface area (Å²) in [7, 11) is 1.91. The van der Waals surface area contributed by atoms with Gasteiger partial charge in [0.2, 0.25) is 0 Å². The van der Waals surface area contributed by atoms with Crippen LogP contribution in [0.5, 0.6) is 0 Å². The first-order chi connectivity index (χ1) is 12.5. The number of benzene rings is 2. The molecule has 3 N–H and O–H groups in total. The highest BCUT2D eigenvalue weighted by atomic mass is 32.1. The van der Waals surface area contributed by atoms with Crippen molar-refractivity contribution in [3.05, 3.63) is 70.8 Å². The summed E-state index contributed by atoms with van der Waals surface area (Å²) in [4.78, 5) is 0.292. The lowest BCUT2D eigenvalue weighted by Gasteiger charge is -2.40. The molecule has 2 atom stereocenters. The Bertz CT molecular complexity index is 776. The average Bonchev–Trinajstić information content (AvgIpc) is 2.60. The summed E-state index contributed by atoms with van der Waals surface area (Å²) in [5, 5.41) is 1.95. The van der Waals surface area contributed by atoms with E-state index < -0.39 is 11.6 Å². The molecule has 138 valence electrons. The first kappa shape index (κ1) is 18.9. The van der Waals surface area contributed by atoms with Crippen LogP contribution in [0.25, 0.3) is 0 Å². The van der Waals surface area contributed by atoms with Crippen LogP contribution in [0.2, 0.25) is 0 Å². The van der Waals surface area contributed by atoms with E-state index in [0.29, 0.717) is 23.0 Å². The minimum Gasteiger partial charge on any atom is -0.330 e. The molecule has 1 aliphatic rings. The third-order valence-electron chi connectivity index (χ3n) is 4.96. The van der Waals surface area contributed by atoms with E-state index in [0.717, 1.165) is 25.3 Å². The first-order valence-corrected chi connectivity index (χ1v) is 9.18. The molecule has 2 unspecified atom stereocenters. The number of rotatable bonds is 5. The fourth-order valence-corrected chi connectivity index (χ4v) is 4.09. The van der Waals surface area contributed by atoms with Gasteiger partial charge in [0.15, 0.2) is 0 Å². The Morgan fingerprint density at radius 1 is 1.23 bits per heavy atom. The topological polar surface area (TPSA) is 41.3 Å². The second-order valence-electron chi connectivity index (χ2n) is 6.73. The second kappa shape index (κ2) is 8.20. The predicted octanol–water partition coefficient (Wildman–Crippen LogP) is 3.73. The van der Waals surface area contributed by atoms with Crippen LogP contribution in [0.4, 0.5) is 8.78 Å². The fraction of sp³-hybridized carbons (Fsp3) is 0.350. The molecule has 0 fully saturated rings. The molecule has 0 radical (unpaired) electrons. The standard InChI is InChI=1S/C20H23F2N3S/c1-25(24-20(26)15-10-16(21)12-17(22)11-15)19-14(8-9-23)7-6-13-4-2-3-5-18(13)19/h2-5,10-12,14,19H,6-9,23H2,1H3,(H,24,26). The molecule has 0 saturated carbocycles. The van der Waals surface area contributed by atoms with E-state index in [-0.39, 0.29) is 6.04 Å². The number of halogens is 2. The van der Waals surface area contributed by atoms with Gasteiger partial charge < -0.3 is 11.2 Å². The van der Waals surface area contributed by atoms with E-state index in [1.807, 2.05) is 24.2 Å². The molecule has 3 nitrogen and oxygen atoms in total. The number of hydrogen-bond donors (Lipinski definition) is 2. The quantitative estimate of drug-likeness (QED) is 0.617. The maximum atomic E-state index is 13.5. The van der Waals surface area contributed by atoms with Crippen molar-refractivity contribution in [2.24, 2.45) is 11.7 Å². The van der Waals surface area contributed by atoms with Crippen LogP contribution in [0, 0.1) is 17.6 Å². The number of hydrogen-bond acceptors (Lipinski definition) is 3. The summed E-state index contributed by atoms with van der Waals surface area (Å²) >= 11 is 5.38. The lowest BCUT2D eigenvalue weighted by molar-refractivity contribution is 0.127. The summed E-state index contributed by atoms with van der Waals surface area (Å²) in [6.07, 6.45) is 2.99. The molecule has 0 heterocycles. The lowest BCUT2D eigenvalue weighted by atomic mass is 9.78. The van der Waals surface area contributed by atoms with Crippen molar-refractivity contribution in [2.75, 3.05) is 13.6 Å². The Labute approximate surface area is 158 Å². The molecule has 26 heavy (non-hydrogen) atoms. The van der Waals surface area contributed by atoms with E-state index in [9.17, 15) is 8.78 Å². The molecule has 0 saturated heterocycles. The fourth-order valence-electron chi connectivity index (χ4n) is 3.82.